The monoisotopic (exact) mass is 1280 g/mol. The molecular formula is C96H70BN3. The number of allylic oxidation sites excluding steroid dienone is 2. The second-order valence-corrected chi connectivity index (χ2v) is 30.6. The van der Waals surface area contributed by atoms with Gasteiger partial charge in [0.25, 0.3) is 6.71 Å². The summed E-state index contributed by atoms with van der Waals surface area (Å²) >= 11 is 0. The van der Waals surface area contributed by atoms with Gasteiger partial charge in [-0.25, -0.2) is 0 Å². The number of anilines is 4. The van der Waals surface area contributed by atoms with Crippen molar-refractivity contribution in [2.75, 3.05) is 9.80 Å². The molecule has 4 heteroatoms. The summed E-state index contributed by atoms with van der Waals surface area (Å²) in [5, 5.41) is 25.5. The minimum atomic E-state index is -0.149. The molecule has 1 aromatic heterocycles. The highest BCUT2D eigenvalue weighted by Crippen LogP contribution is 2.55. The molecule has 0 saturated carbocycles. The summed E-state index contributed by atoms with van der Waals surface area (Å²) in [5.74, 6) is -0.111. The molecule has 0 N–H and O–H groups in total. The van der Waals surface area contributed by atoms with Crippen molar-refractivity contribution in [1.29, 1.82) is 0 Å². The molecule has 17 aromatic rings. The maximum Gasteiger partial charge on any atom is 0.251 e. The third-order valence-electron chi connectivity index (χ3n) is 23.1. The van der Waals surface area contributed by atoms with Gasteiger partial charge in [0.15, 0.2) is 0 Å². The van der Waals surface area contributed by atoms with Crippen LogP contribution in [0.1, 0.15) is 52.7 Å². The summed E-state index contributed by atoms with van der Waals surface area (Å²) in [6.45, 7) is 13.9. The summed E-state index contributed by atoms with van der Waals surface area (Å²) in [7, 11) is 0. The third-order valence-corrected chi connectivity index (χ3v) is 23.1. The van der Waals surface area contributed by atoms with E-state index in [4.69, 9.17) is 0 Å². The highest BCUT2D eigenvalue weighted by atomic mass is 15.2. The number of hydrogen-bond donors (Lipinski definition) is 0. The molecule has 2 aliphatic carbocycles. The summed E-state index contributed by atoms with van der Waals surface area (Å²) in [6, 6.07) is 110. The quantitative estimate of drug-likeness (QED) is 0.126. The maximum atomic E-state index is 2.72. The van der Waals surface area contributed by atoms with E-state index in [0.717, 1.165) is 17.1 Å². The van der Waals surface area contributed by atoms with Gasteiger partial charge in [0.05, 0.1) is 11.0 Å². The van der Waals surface area contributed by atoms with E-state index in [2.05, 4.69) is 359 Å². The van der Waals surface area contributed by atoms with Crippen molar-refractivity contribution in [3.05, 3.63) is 330 Å². The summed E-state index contributed by atoms with van der Waals surface area (Å²) in [4.78, 5) is 5.43. The van der Waals surface area contributed by atoms with Crippen LogP contribution >= 0.6 is 0 Å². The zero-order valence-corrected chi connectivity index (χ0v) is 56.9. The zero-order chi connectivity index (χ0) is 66.6. The van der Waals surface area contributed by atoms with Crippen LogP contribution in [0.25, 0.3) is 137 Å². The predicted molar refractivity (Wildman–Crippen MR) is 429 cm³/mol. The van der Waals surface area contributed by atoms with E-state index >= 15 is 0 Å². The molecule has 1 unspecified atom stereocenters. The largest absolute Gasteiger partial charge is 0.315 e. The second-order valence-electron chi connectivity index (χ2n) is 30.6. The van der Waals surface area contributed by atoms with Crippen LogP contribution in [-0.2, 0) is 10.8 Å². The number of hydrogen-bond acceptors (Lipinski definition) is 2. The molecule has 0 spiro atoms. The van der Waals surface area contributed by atoms with Gasteiger partial charge >= 0.3 is 0 Å². The smallest absolute Gasteiger partial charge is 0.251 e. The standard InChI is InChI=1S/C96H70BN3/c1-95(2,3)60-37-46-88-84(51-60)85-52-61(96(4,5)6)38-47-89(85)98(88)64-41-44-86-91(55-64)99(62-39-42-77-71-30-12-10-24-65(71)67-26-16-20-34-75(67)82(77)53-62)92-56-79(59-48-80-73-32-18-14-28-69(73)70-29-15-19-33-74(70)81(80)49-59)94-93(92)97(86)87-50-58(57-22-8-7-9-23-57)36-45-90(87)100(94)63-40-43-78-72-31-13-11-25-66(72)68-27-17-21-35-76(68)83(78)54-63/h7-56,59,79H,1-6H3. The van der Waals surface area contributed by atoms with Gasteiger partial charge in [-0.2, -0.15) is 0 Å². The fourth-order valence-corrected chi connectivity index (χ4v) is 18.4. The molecule has 0 bridgehead atoms. The SMILES string of the molecule is CC(C)(C)c1ccc2c(c1)c1cc(C(C)(C)C)ccc1n2-c1ccc2c(c1)N(c1ccc3c4ccccc4c4ccccc4c3c1)C1=CC(C3C=c4c(c5ccccc5c5ccccc45)=C3)C3=C1B2c1cc(-c2ccccc2)ccc1N3c1ccc2c3ccccc3c3ccccc3c2c1. The van der Waals surface area contributed by atoms with Crippen LogP contribution in [0.4, 0.5) is 22.7 Å². The summed E-state index contributed by atoms with van der Waals surface area (Å²) < 4.78 is 2.57. The second kappa shape index (κ2) is 20.9. The Hall–Kier alpha value is -11.7. The maximum absolute atomic E-state index is 2.72. The Labute approximate surface area is 581 Å². The fourth-order valence-electron chi connectivity index (χ4n) is 18.4. The molecule has 3 heterocycles. The van der Waals surface area contributed by atoms with Gasteiger partial charge in [-0.05, 0) is 213 Å². The Morgan fingerprint density at radius 2 is 0.710 bits per heavy atom. The van der Waals surface area contributed by atoms with E-state index in [9.17, 15) is 0 Å². The first-order chi connectivity index (χ1) is 48.9. The lowest BCUT2D eigenvalue weighted by Gasteiger charge is -2.44. The zero-order valence-electron chi connectivity index (χ0n) is 56.9. The number of benzene rings is 16. The Balaban J connectivity index is 0.895. The lowest BCUT2D eigenvalue weighted by atomic mass is 9.32. The van der Waals surface area contributed by atoms with Crippen molar-refractivity contribution >= 4 is 161 Å². The van der Waals surface area contributed by atoms with Crippen LogP contribution in [0.3, 0.4) is 0 Å². The Kier molecular flexibility index (Phi) is 12.0. The van der Waals surface area contributed by atoms with Crippen LogP contribution in [-0.4, -0.2) is 11.3 Å². The molecule has 4 aliphatic rings. The Morgan fingerprint density at radius 1 is 0.290 bits per heavy atom. The van der Waals surface area contributed by atoms with Gasteiger partial charge in [0.2, 0.25) is 0 Å². The van der Waals surface area contributed by atoms with Crippen LogP contribution in [0.5, 0.6) is 0 Å². The normalized spacial score (nSPS) is 15.3. The van der Waals surface area contributed by atoms with Crippen molar-refractivity contribution in [2.24, 2.45) is 11.8 Å². The molecular weight excluding hydrogens is 1210 g/mol. The number of rotatable bonds is 5. The molecule has 2 aliphatic heterocycles. The third kappa shape index (κ3) is 8.22. The Bertz CT molecular complexity index is 6490. The first-order valence-electron chi connectivity index (χ1n) is 35.7. The number of nitrogens with zero attached hydrogens (tertiary/aromatic N) is 3. The highest BCUT2D eigenvalue weighted by molar-refractivity contribution is 6.95. The summed E-state index contributed by atoms with van der Waals surface area (Å²) in [5.41, 5.74) is 19.7. The Morgan fingerprint density at radius 3 is 1.19 bits per heavy atom. The van der Waals surface area contributed by atoms with E-state index in [-0.39, 0.29) is 29.4 Å². The molecule has 21 rings (SSSR count). The van der Waals surface area contributed by atoms with Crippen molar-refractivity contribution in [2.45, 2.75) is 52.4 Å². The molecule has 0 fully saturated rings. The predicted octanol–water partition coefficient (Wildman–Crippen LogP) is 22.4. The highest BCUT2D eigenvalue weighted by Gasteiger charge is 2.51. The molecule has 1 atom stereocenters. The van der Waals surface area contributed by atoms with Crippen LogP contribution in [0, 0.1) is 11.8 Å². The van der Waals surface area contributed by atoms with Gasteiger partial charge in [0, 0.05) is 62.4 Å². The van der Waals surface area contributed by atoms with Crippen molar-refractivity contribution in [3.63, 3.8) is 0 Å². The minimum Gasteiger partial charge on any atom is -0.315 e. The average Bonchev–Trinajstić information content (AvgIpc) is 1.44. The van der Waals surface area contributed by atoms with E-state index in [1.165, 1.54) is 180 Å². The van der Waals surface area contributed by atoms with Gasteiger partial charge < -0.3 is 14.4 Å². The molecule has 0 saturated heterocycles. The van der Waals surface area contributed by atoms with Crippen molar-refractivity contribution < 1.29 is 0 Å². The molecule has 16 aromatic carbocycles. The average molecular weight is 1280 g/mol. The first kappa shape index (κ1) is 57.4. The summed E-state index contributed by atoms with van der Waals surface area (Å²) in [6.07, 6.45) is 7.99. The topological polar surface area (TPSA) is 11.4 Å². The van der Waals surface area contributed by atoms with Gasteiger partial charge in [-0.15, -0.1) is 0 Å². The van der Waals surface area contributed by atoms with Gasteiger partial charge in [-0.3, -0.25) is 0 Å². The molecule has 3 nitrogen and oxygen atoms in total. The molecule has 472 valence electrons. The van der Waals surface area contributed by atoms with E-state index in [1.807, 2.05) is 0 Å². The molecule has 0 radical (unpaired) electrons. The van der Waals surface area contributed by atoms with Crippen LogP contribution < -0.4 is 31.2 Å². The van der Waals surface area contributed by atoms with Crippen molar-refractivity contribution in [1.82, 2.24) is 4.57 Å². The lowest BCUT2D eigenvalue weighted by Crippen LogP contribution is -2.55. The first-order valence-corrected chi connectivity index (χ1v) is 35.7. The molecule has 0 amide bonds. The van der Waals surface area contributed by atoms with E-state index in [0.29, 0.717) is 0 Å². The number of aromatic nitrogens is 1. The van der Waals surface area contributed by atoms with Gasteiger partial charge in [0.1, 0.15) is 0 Å². The van der Waals surface area contributed by atoms with Crippen LogP contribution in [0.15, 0.2) is 308 Å². The lowest BCUT2D eigenvalue weighted by molar-refractivity contribution is 0.590. The van der Waals surface area contributed by atoms with E-state index in [1.54, 1.807) is 0 Å². The molecule has 100 heavy (non-hydrogen) atoms. The fraction of sp³-hybridized carbons (Fsp3) is 0.104. The minimum absolute atomic E-state index is 0.00986. The van der Waals surface area contributed by atoms with Gasteiger partial charge in [-0.1, -0.05) is 278 Å². The van der Waals surface area contributed by atoms with E-state index < -0.39 is 0 Å². The van der Waals surface area contributed by atoms with Crippen molar-refractivity contribution in [3.8, 4) is 16.8 Å². The number of fused-ring (bicyclic) bond motifs is 25. The van der Waals surface area contributed by atoms with Crippen LogP contribution in [0.2, 0.25) is 0 Å².